The van der Waals surface area contributed by atoms with Crippen LogP contribution in [0.1, 0.15) is 18.5 Å². The molecule has 0 saturated carbocycles. The minimum atomic E-state index is -4.20. The maximum absolute atomic E-state index is 12.9. The SMILES string of the molecule is CC(NCCSC(F)(F)F)c1ccc(F)c(Cl)c1. The van der Waals surface area contributed by atoms with Gasteiger partial charge in [-0.1, -0.05) is 17.7 Å². The Bertz CT molecular complexity index is 397. The predicted molar refractivity (Wildman–Crippen MR) is 66.3 cm³/mol. The van der Waals surface area contributed by atoms with Crippen LogP contribution in [0.15, 0.2) is 18.2 Å². The molecule has 1 aromatic rings. The number of rotatable bonds is 5. The van der Waals surface area contributed by atoms with Crippen LogP contribution in [-0.2, 0) is 0 Å². The van der Waals surface area contributed by atoms with Gasteiger partial charge in [-0.15, -0.1) is 0 Å². The summed E-state index contributed by atoms with van der Waals surface area (Å²) in [5.74, 6) is -0.580. The fraction of sp³-hybridized carbons (Fsp3) is 0.455. The molecular weight excluding hydrogens is 290 g/mol. The highest BCUT2D eigenvalue weighted by atomic mass is 35.5. The summed E-state index contributed by atoms with van der Waals surface area (Å²) in [6.07, 6.45) is 0. The van der Waals surface area contributed by atoms with Crippen molar-refractivity contribution in [3.63, 3.8) is 0 Å². The van der Waals surface area contributed by atoms with Crippen molar-refractivity contribution in [2.45, 2.75) is 18.5 Å². The van der Waals surface area contributed by atoms with Gasteiger partial charge in [-0.25, -0.2) is 4.39 Å². The number of hydrogen-bond donors (Lipinski definition) is 1. The van der Waals surface area contributed by atoms with Crippen molar-refractivity contribution in [3.8, 4) is 0 Å². The second-order valence-corrected chi connectivity index (χ2v) is 5.21. The second kappa shape index (κ2) is 6.63. The number of hydrogen-bond acceptors (Lipinski definition) is 2. The highest BCUT2D eigenvalue weighted by Gasteiger charge is 2.27. The van der Waals surface area contributed by atoms with Gasteiger partial charge in [0.05, 0.1) is 5.02 Å². The lowest BCUT2D eigenvalue weighted by Gasteiger charge is -2.15. The summed E-state index contributed by atoms with van der Waals surface area (Å²) < 4.78 is 48.5. The smallest absolute Gasteiger partial charge is 0.309 e. The summed E-state index contributed by atoms with van der Waals surface area (Å²) in [6, 6.07) is 4.07. The third kappa shape index (κ3) is 5.46. The molecule has 0 heterocycles. The monoisotopic (exact) mass is 301 g/mol. The Morgan fingerprint density at radius 2 is 2.06 bits per heavy atom. The Hall–Kier alpha value is -0.460. The van der Waals surface area contributed by atoms with Crippen molar-refractivity contribution in [1.29, 1.82) is 0 Å². The highest BCUT2D eigenvalue weighted by molar-refractivity contribution is 8.00. The molecule has 0 aliphatic rings. The molecule has 0 aromatic heterocycles. The largest absolute Gasteiger partial charge is 0.441 e. The van der Waals surface area contributed by atoms with Gasteiger partial charge in [-0.3, -0.25) is 0 Å². The van der Waals surface area contributed by atoms with Gasteiger partial charge in [-0.05, 0) is 36.4 Å². The first-order valence-electron chi connectivity index (χ1n) is 5.18. The molecule has 1 unspecified atom stereocenters. The van der Waals surface area contributed by atoms with Gasteiger partial charge in [0, 0.05) is 18.3 Å². The molecule has 0 saturated heterocycles. The lowest BCUT2D eigenvalue weighted by molar-refractivity contribution is -0.0327. The molecule has 0 bridgehead atoms. The van der Waals surface area contributed by atoms with Crippen molar-refractivity contribution >= 4 is 23.4 Å². The molecule has 1 nitrogen and oxygen atoms in total. The molecule has 0 aliphatic heterocycles. The van der Waals surface area contributed by atoms with Gasteiger partial charge in [0.2, 0.25) is 0 Å². The van der Waals surface area contributed by atoms with Crippen molar-refractivity contribution in [2.24, 2.45) is 0 Å². The quantitative estimate of drug-likeness (QED) is 0.640. The van der Waals surface area contributed by atoms with E-state index in [1.165, 1.54) is 12.1 Å². The van der Waals surface area contributed by atoms with Crippen LogP contribution >= 0.6 is 23.4 Å². The third-order valence-electron chi connectivity index (χ3n) is 2.26. The van der Waals surface area contributed by atoms with Gasteiger partial charge < -0.3 is 5.32 Å². The Kier molecular flexibility index (Phi) is 5.75. The summed E-state index contributed by atoms with van der Waals surface area (Å²) in [7, 11) is 0. The van der Waals surface area contributed by atoms with E-state index >= 15 is 0 Å². The number of alkyl halides is 3. The van der Waals surface area contributed by atoms with Crippen LogP contribution < -0.4 is 5.32 Å². The standard InChI is InChI=1S/C11H12ClF4NS/c1-7(17-4-5-18-11(14,15)16)8-2-3-10(13)9(12)6-8/h2-3,6-7,17H,4-5H2,1H3. The van der Waals surface area contributed by atoms with Crippen molar-refractivity contribution in [3.05, 3.63) is 34.6 Å². The van der Waals surface area contributed by atoms with E-state index in [9.17, 15) is 17.6 Å². The van der Waals surface area contributed by atoms with E-state index in [0.717, 1.165) is 5.56 Å². The maximum Gasteiger partial charge on any atom is 0.441 e. The fourth-order valence-corrected chi connectivity index (χ4v) is 1.98. The van der Waals surface area contributed by atoms with Crippen LogP contribution in [0, 0.1) is 5.82 Å². The van der Waals surface area contributed by atoms with Gasteiger partial charge >= 0.3 is 5.51 Å². The molecule has 0 spiro atoms. The lowest BCUT2D eigenvalue weighted by Crippen LogP contribution is -2.22. The second-order valence-electron chi connectivity index (χ2n) is 3.64. The Morgan fingerprint density at radius 1 is 1.39 bits per heavy atom. The summed E-state index contributed by atoms with van der Waals surface area (Å²) >= 11 is 5.55. The van der Waals surface area contributed by atoms with Crippen LogP contribution in [0.2, 0.25) is 5.02 Å². The zero-order valence-corrected chi connectivity index (χ0v) is 11.1. The van der Waals surface area contributed by atoms with E-state index in [1.54, 1.807) is 13.0 Å². The van der Waals surface area contributed by atoms with Gasteiger partial charge in [0.15, 0.2) is 0 Å². The van der Waals surface area contributed by atoms with Crippen LogP contribution in [0.3, 0.4) is 0 Å². The molecule has 1 atom stereocenters. The van der Waals surface area contributed by atoms with Gasteiger partial charge in [0.1, 0.15) is 5.82 Å². The molecule has 1 aromatic carbocycles. The molecule has 0 amide bonds. The minimum Gasteiger partial charge on any atom is -0.309 e. The fourth-order valence-electron chi connectivity index (χ4n) is 1.34. The molecule has 0 aliphatic carbocycles. The Labute approximate surface area is 112 Å². The molecule has 18 heavy (non-hydrogen) atoms. The van der Waals surface area contributed by atoms with E-state index in [1.807, 2.05) is 0 Å². The third-order valence-corrected chi connectivity index (χ3v) is 3.29. The van der Waals surface area contributed by atoms with Crippen molar-refractivity contribution in [2.75, 3.05) is 12.3 Å². The van der Waals surface area contributed by atoms with E-state index in [2.05, 4.69) is 5.32 Å². The summed E-state index contributed by atoms with van der Waals surface area (Å²) in [5, 5.41) is 2.92. The first kappa shape index (κ1) is 15.6. The van der Waals surface area contributed by atoms with Crippen LogP contribution in [0.5, 0.6) is 0 Å². The van der Waals surface area contributed by atoms with Gasteiger partial charge in [-0.2, -0.15) is 13.2 Å². The minimum absolute atomic E-state index is 0.00539. The summed E-state index contributed by atoms with van der Waals surface area (Å²) in [5.41, 5.74) is -3.47. The zero-order chi connectivity index (χ0) is 13.8. The average Bonchev–Trinajstić information content (AvgIpc) is 2.26. The van der Waals surface area contributed by atoms with E-state index in [0.29, 0.717) is 0 Å². The topological polar surface area (TPSA) is 12.0 Å². The molecule has 0 fully saturated rings. The van der Waals surface area contributed by atoms with Crippen LogP contribution in [-0.4, -0.2) is 17.8 Å². The number of nitrogens with one attached hydrogen (secondary N) is 1. The zero-order valence-electron chi connectivity index (χ0n) is 9.52. The van der Waals surface area contributed by atoms with Crippen LogP contribution in [0.25, 0.3) is 0 Å². The number of halogens is 5. The van der Waals surface area contributed by atoms with Crippen LogP contribution in [0.4, 0.5) is 17.6 Å². The molecule has 0 radical (unpaired) electrons. The maximum atomic E-state index is 12.9. The van der Waals surface area contributed by atoms with E-state index < -0.39 is 11.3 Å². The molecule has 1 rings (SSSR count). The lowest BCUT2D eigenvalue weighted by atomic mass is 10.1. The normalized spacial score (nSPS) is 13.7. The molecular formula is C11H12ClF4NS. The van der Waals surface area contributed by atoms with Crippen molar-refractivity contribution < 1.29 is 17.6 Å². The molecule has 1 N–H and O–H groups in total. The molecule has 7 heteroatoms. The summed E-state index contributed by atoms with van der Waals surface area (Å²) in [4.78, 5) is 0. The predicted octanol–water partition coefficient (Wildman–Crippen LogP) is 4.38. The number of thioether (sulfide) groups is 1. The Morgan fingerprint density at radius 3 is 2.61 bits per heavy atom. The van der Waals surface area contributed by atoms with Crippen molar-refractivity contribution in [1.82, 2.24) is 5.32 Å². The Balaban J connectivity index is 2.41. The first-order chi connectivity index (χ1) is 8.29. The first-order valence-corrected chi connectivity index (χ1v) is 6.55. The summed E-state index contributed by atoms with van der Waals surface area (Å²) in [6.45, 7) is 1.99. The van der Waals surface area contributed by atoms with E-state index in [4.69, 9.17) is 11.6 Å². The highest BCUT2D eigenvalue weighted by Crippen LogP contribution is 2.29. The van der Waals surface area contributed by atoms with Gasteiger partial charge in [0.25, 0.3) is 0 Å². The average molecular weight is 302 g/mol. The van der Waals surface area contributed by atoms with E-state index in [-0.39, 0.29) is 35.1 Å². The number of benzene rings is 1. The molecule has 102 valence electrons.